The predicted molar refractivity (Wildman–Crippen MR) is 107 cm³/mol. The molecule has 0 aromatic heterocycles. The number of nitrogens with one attached hydrogen (secondary N) is 2. The Kier molecular flexibility index (Phi) is 7.04. The number of halogens is 1. The molecule has 6 nitrogen and oxygen atoms in total. The van der Waals surface area contributed by atoms with Crippen molar-refractivity contribution in [3.63, 3.8) is 0 Å². The van der Waals surface area contributed by atoms with E-state index in [-0.39, 0.29) is 23.7 Å². The highest BCUT2D eigenvalue weighted by atomic mass is 19.1. The highest BCUT2D eigenvalue weighted by Crippen LogP contribution is 2.29. The molecule has 1 heterocycles. The zero-order valence-corrected chi connectivity index (χ0v) is 17.2. The zero-order valence-electron chi connectivity index (χ0n) is 17.2. The van der Waals surface area contributed by atoms with Gasteiger partial charge in [0.2, 0.25) is 11.8 Å². The molecule has 1 aliphatic heterocycles. The van der Waals surface area contributed by atoms with Crippen LogP contribution in [0.3, 0.4) is 0 Å². The predicted octanol–water partition coefficient (Wildman–Crippen LogP) is 2.42. The second-order valence-electron chi connectivity index (χ2n) is 8.80. The fraction of sp³-hybridized carbons (Fsp3) is 0.619. The van der Waals surface area contributed by atoms with Crippen molar-refractivity contribution in [1.82, 2.24) is 10.6 Å². The number of piperidine rings is 1. The average molecular weight is 394 g/mol. The lowest BCUT2D eigenvalue weighted by Crippen LogP contribution is -2.62. The van der Waals surface area contributed by atoms with Gasteiger partial charge in [-0.3, -0.25) is 14.0 Å². The summed E-state index contributed by atoms with van der Waals surface area (Å²) in [4.78, 5) is 24.9. The standard InChI is InChI=1S/C21H32FN3O3/c1-20(2)12-15(13-21(3,4)25-20)24-19(27)17(18(23)26)14-6-8-16(9-7-14)28-11-5-10-22/h6-9,15,17,25H,5,10-13H2,1-4H3,(H2,23,26)(H,24,27)/t17-/m0/s1. The summed E-state index contributed by atoms with van der Waals surface area (Å²) in [6.07, 6.45) is 1.83. The molecule has 156 valence electrons. The van der Waals surface area contributed by atoms with E-state index in [1.54, 1.807) is 24.3 Å². The third kappa shape index (κ3) is 6.19. The summed E-state index contributed by atoms with van der Waals surface area (Å²) >= 11 is 0. The van der Waals surface area contributed by atoms with Crippen LogP contribution in [0.1, 0.15) is 58.4 Å². The molecule has 4 N–H and O–H groups in total. The average Bonchev–Trinajstić information content (AvgIpc) is 2.53. The van der Waals surface area contributed by atoms with Crippen LogP contribution in [0.15, 0.2) is 24.3 Å². The Morgan fingerprint density at radius 1 is 1.21 bits per heavy atom. The number of carbonyl (C=O) groups is 2. The number of hydrogen-bond donors (Lipinski definition) is 3. The van der Waals surface area contributed by atoms with Crippen molar-refractivity contribution in [2.45, 2.75) is 70.0 Å². The summed E-state index contributed by atoms with van der Waals surface area (Å²) in [6.45, 7) is 8.23. The minimum Gasteiger partial charge on any atom is -0.494 e. The molecular formula is C21H32FN3O3. The van der Waals surface area contributed by atoms with Crippen LogP contribution in [0.25, 0.3) is 0 Å². The molecule has 0 radical (unpaired) electrons. The monoisotopic (exact) mass is 393 g/mol. The Labute approximate surface area is 166 Å². The highest BCUT2D eigenvalue weighted by Gasteiger charge is 2.39. The van der Waals surface area contributed by atoms with Crippen LogP contribution in [-0.4, -0.2) is 42.2 Å². The molecule has 1 atom stereocenters. The highest BCUT2D eigenvalue weighted by molar-refractivity contribution is 6.05. The van der Waals surface area contributed by atoms with Crippen molar-refractivity contribution in [3.05, 3.63) is 29.8 Å². The maximum atomic E-state index is 12.9. The van der Waals surface area contributed by atoms with Crippen molar-refractivity contribution in [1.29, 1.82) is 0 Å². The first kappa shape index (κ1) is 22.1. The summed E-state index contributed by atoms with van der Waals surface area (Å²) in [6, 6.07) is 6.57. The van der Waals surface area contributed by atoms with Gasteiger partial charge in [0.25, 0.3) is 0 Å². The number of nitrogens with two attached hydrogens (primary N) is 1. The molecule has 2 rings (SSSR count). The molecule has 0 unspecified atom stereocenters. The van der Waals surface area contributed by atoms with Gasteiger partial charge in [-0.05, 0) is 58.2 Å². The minimum atomic E-state index is -1.07. The quantitative estimate of drug-likeness (QED) is 0.467. The molecule has 1 aromatic carbocycles. The molecular weight excluding hydrogens is 361 g/mol. The van der Waals surface area contributed by atoms with Gasteiger partial charge in [0, 0.05) is 23.5 Å². The lowest BCUT2D eigenvalue weighted by molar-refractivity contribution is -0.130. The fourth-order valence-electron chi connectivity index (χ4n) is 4.15. The zero-order chi connectivity index (χ0) is 20.9. The van der Waals surface area contributed by atoms with Crippen molar-refractivity contribution < 1.29 is 18.7 Å². The first-order valence-corrected chi connectivity index (χ1v) is 9.71. The Bertz CT molecular complexity index is 673. The van der Waals surface area contributed by atoms with E-state index in [1.807, 2.05) is 0 Å². The van der Waals surface area contributed by atoms with E-state index >= 15 is 0 Å². The molecule has 28 heavy (non-hydrogen) atoms. The number of carbonyl (C=O) groups excluding carboxylic acids is 2. The van der Waals surface area contributed by atoms with Gasteiger partial charge in [-0.25, -0.2) is 0 Å². The number of hydrogen-bond acceptors (Lipinski definition) is 4. The van der Waals surface area contributed by atoms with Gasteiger partial charge in [0.15, 0.2) is 0 Å². The summed E-state index contributed by atoms with van der Waals surface area (Å²) in [5.41, 5.74) is 5.79. The third-order valence-corrected chi connectivity index (χ3v) is 4.84. The van der Waals surface area contributed by atoms with Gasteiger partial charge in [-0.15, -0.1) is 0 Å². The number of alkyl halides is 1. The lowest BCUT2D eigenvalue weighted by atomic mass is 9.79. The Hall–Kier alpha value is -2.15. The Morgan fingerprint density at radius 2 is 1.79 bits per heavy atom. The van der Waals surface area contributed by atoms with Crippen molar-refractivity contribution in [3.8, 4) is 5.75 Å². The largest absolute Gasteiger partial charge is 0.494 e. The van der Waals surface area contributed by atoms with Crippen molar-refractivity contribution >= 4 is 11.8 Å². The van der Waals surface area contributed by atoms with Gasteiger partial charge in [-0.1, -0.05) is 12.1 Å². The SMILES string of the molecule is CC1(C)CC(NC(=O)[C@H](C(N)=O)c2ccc(OCCCF)cc2)CC(C)(C)N1. The van der Waals surface area contributed by atoms with E-state index in [2.05, 4.69) is 38.3 Å². The summed E-state index contributed by atoms with van der Waals surface area (Å²) in [5, 5.41) is 6.58. The van der Waals surface area contributed by atoms with Crippen LogP contribution in [0.4, 0.5) is 4.39 Å². The Morgan fingerprint density at radius 3 is 2.29 bits per heavy atom. The number of amides is 2. The molecule has 0 bridgehead atoms. The molecule has 0 spiro atoms. The second kappa shape index (κ2) is 8.90. The Balaban J connectivity index is 2.09. The van der Waals surface area contributed by atoms with Gasteiger partial charge < -0.3 is 21.1 Å². The molecule has 1 saturated heterocycles. The molecule has 0 saturated carbocycles. The van der Waals surface area contributed by atoms with E-state index in [1.165, 1.54) is 0 Å². The van der Waals surface area contributed by atoms with Crippen LogP contribution in [-0.2, 0) is 9.59 Å². The molecule has 1 aliphatic rings. The minimum absolute atomic E-state index is 0.0519. The van der Waals surface area contributed by atoms with Gasteiger partial charge in [0.1, 0.15) is 11.7 Å². The second-order valence-corrected chi connectivity index (χ2v) is 8.80. The smallest absolute Gasteiger partial charge is 0.237 e. The number of benzene rings is 1. The molecule has 7 heteroatoms. The van der Waals surface area contributed by atoms with E-state index in [0.717, 1.165) is 12.8 Å². The first-order chi connectivity index (χ1) is 13.0. The van der Waals surface area contributed by atoms with Crippen LogP contribution in [0.2, 0.25) is 0 Å². The van der Waals surface area contributed by atoms with Crippen LogP contribution in [0, 0.1) is 0 Å². The summed E-state index contributed by atoms with van der Waals surface area (Å²) in [5.74, 6) is -1.60. The van der Waals surface area contributed by atoms with E-state index in [0.29, 0.717) is 17.7 Å². The summed E-state index contributed by atoms with van der Waals surface area (Å²) in [7, 11) is 0. The van der Waals surface area contributed by atoms with Gasteiger partial charge in [0.05, 0.1) is 13.3 Å². The lowest BCUT2D eigenvalue weighted by Gasteiger charge is -2.46. The number of primary amides is 1. The third-order valence-electron chi connectivity index (χ3n) is 4.84. The fourth-order valence-corrected chi connectivity index (χ4v) is 4.15. The normalized spacial score (nSPS) is 19.6. The first-order valence-electron chi connectivity index (χ1n) is 9.71. The maximum Gasteiger partial charge on any atom is 0.237 e. The van der Waals surface area contributed by atoms with Crippen molar-refractivity contribution in [2.24, 2.45) is 5.73 Å². The van der Waals surface area contributed by atoms with E-state index in [9.17, 15) is 14.0 Å². The molecule has 1 fully saturated rings. The summed E-state index contributed by atoms with van der Waals surface area (Å²) < 4.78 is 17.6. The van der Waals surface area contributed by atoms with Crippen molar-refractivity contribution in [2.75, 3.05) is 13.3 Å². The number of ether oxygens (including phenoxy) is 1. The van der Waals surface area contributed by atoms with Crippen LogP contribution in [0.5, 0.6) is 5.75 Å². The van der Waals surface area contributed by atoms with E-state index in [4.69, 9.17) is 10.5 Å². The van der Waals surface area contributed by atoms with E-state index < -0.39 is 24.4 Å². The van der Waals surface area contributed by atoms with Crippen LogP contribution < -0.4 is 21.1 Å². The van der Waals surface area contributed by atoms with Crippen LogP contribution >= 0.6 is 0 Å². The topological polar surface area (TPSA) is 93.5 Å². The molecule has 2 amide bonds. The van der Waals surface area contributed by atoms with Gasteiger partial charge in [-0.2, -0.15) is 0 Å². The number of rotatable bonds is 8. The molecule has 0 aliphatic carbocycles. The maximum absolute atomic E-state index is 12.9. The molecule has 1 aromatic rings. The van der Waals surface area contributed by atoms with Gasteiger partial charge >= 0.3 is 0 Å².